The van der Waals surface area contributed by atoms with E-state index in [1.54, 1.807) is 12.1 Å². The zero-order chi connectivity index (χ0) is 21.1. The van der Waals surface area contributed by atoms with Gasteiger partial charge in [0.25, 0.3) is 11.6 Å². The van der Waals surface area contributed by atoms with E-state index in [9.17, 15) is 24.8 Å². The maximum atomic E-state index is 12.6. The fourth-order valence-electron chi connectivity index (χ4n) is 2.68. The van der Waals surface area contributed by atoms with E-state index in [1.807, 2.05) is 32.9 Å². The molecule has 148 valence electrons. The van der Waals surface area contributed by atoms with Crippen molar-refractivity contribution in [1.82, 2.24) is 5.32 Å². The van der Waals surface area contributed by atoms with Crippen LogP contribution < -0.4 is 10.4 Å². The zero-order valence-electron chi connectivity index (χ0n) is 15.7. The van der Waals surface area contributed by atoms with Gasteiger partial charge in [-0.2, -0.15) is 0 Å². The Hall–Kier alpha value is -2.93. The van der Waals surface area contributed by atoms with Gasteiger partial charge in [-0.1, -0.05) is 44.5 Å². The van der Waals surface area contributed by atoms with Crippen molar-refractivity contribution in [2.24, 2.45) is 0 Å². The number of aliphatic carboxylic acids is 1. The predicted octanol–water partition coefficient (Wildman–Crippen LogP) is 3.16. The van der Waals surface area contributed by atoms with Gasteiger partial charge in [-0.05, 0) is 29.2 Å². The van der Waals surface area contributed by atoms with Crippen molar-refractivity contribution in [2.45, 2.75) is 38.6 Å². The molecular weight excluding hydrogens is 384 g/mol. The molecule has 1 atom stereocenters. The molecule has 0 fully saturated rings. The van der Waals surface area contributed by atoms with Crippen molar-refractivity contribution in [2.75, 3.05) is 0 Å². The van der Waals surface area contributed by atoms with Crippen LogP contribution in [0.2, 0.25) is 5.02 Å². The molecule has 1 N–H and O–H groups in total. The molecule has 0 aliphatic carbocycles. The fraction of sp³-hybridized carbons (Fsp3) is 0.300. The molecule has 0 aromatic heterocycles. The van der Waals surface area contributed by atoms with Gasteiger partial charge >= 0.3 is 0 Å². The van der Waals surface area contributed by atoms with E-state index in [0.717, 1.165) is 11.6 Å². The number of carboxylic acids is 1. The molecule has 8 heteroatoms. The van der Waals surface area contributed by atoms with Crippen LogP contribution in [-0.4, -0.2) is 16.8 Å². The van der Waals surface area contributed by atoms with E-state index in [2.05, 4.69) is 5.32 Å². The maximum Gasteiger partial charge on any atom is 0.269 e. The Morgan fingerprint density at radius 3 is 2.25 bits per heavy atom. The lowest BCUT2D eigenvalue weighted by molar-refractivity contribution is -0.385. The minimum absolute atomic E-state index is 0.0803. The highest BCUT2D eigenvalue weighted by molar-refractivity contribution is 6.31. The number of carbonyl (C=O) groups is 2. The Morgan fingerprint density at radius 2 is 1.75 bits per heavy atom. The Kier molecular flexibility index (Phi) is 6.41. The molecule has 0 aliphatic heterocycles. The Balaban J connectivity index is 2.32. The van der Waals surface area contributed by atoms with E-state index in [1.165, 1.54) is 12.1 Å². The van der Waals surface area contributed by atoms with Gasteiger partial charge in [0.05, 0.1) is 11.0 Å². The third-order valence-corrected chi connectivity index (χ3v) is 4.60. The van der Waals surface area contributed by atoms with Crippen molar-refractivity contribution < 1.29 is 19.6 Å². The number of amides is 1. The first kappa shape index (κ1) is 21.4. The van der Waals surface area contributed by atoms with Crippen molar-refractivity contribution in [3.05, 3.63) is 74.3 Å². The maximum absolute atomic E-state index is 12.6. The highest BCUT2D eigenvalue weighted by Crippen LogP contribution is 2.29. The average molecular weight is 404 g/mol. The van der Waals surface area contributed by atoms with Crippen LogP contribution in [0.25, 0.3) is 0 Å². The van der Waals surface area contributed by atoms with Crippen molar-refractivity contribution in [3.63, 3.8) is 0 Å². The van der Waals surface area contributed by atoms with Crippen LogP contribution in [0, 0.1) is 10.1 Å². The molecular formula is C20H20ClN2O5-. The monoisotopic (exact) mass is 403 g/mol. The smallest absolute Gasteiger partial charge is 0.269 e. The minimum Gasteiger partial charge on any atom is -0.550 e. The Labute approximate surface area is 167 Å². The van der Waals surface area contributed by atoms with Crippen LogP contribution >= 0.6 is 11.6 Å². The van der Waals surface area contributed by atoms with Crippen LogP contribution in [0.5, 0.6) is 0 Å². The third-order valence-electron chi connectivity index (χ3n) is 4.26. The molecule has 28 heavy (non-hydrogen) atoms. The molecule has 7 nitrogen and oxygen atoms in total. The number of carbonyl (C=O) groups excluding carboxylic acids is 2. The predicted molar refractivity (Wildman–Crippen MR) is 103 cm³/mol. The highest BCUT2D eigenvalue weighted by atomic mass is 35.5. The van der Waals surface area contributed by atoms with Crippen molar-refractivity contribution >= 4 is 29.2 Å². The summed E-state index contributed by atoms with van der Waals surface area (Å²) >= 11 is 6.09. The van der Waals surface area contributed by atoms with Crippen molar-refractivity contribution in [1.29, 1.82) is 0 Å². The van der Waals surface area contributed by atoms with Gasteiger partial charge in [0, 0.05) is 40.7 Å². The molecule has 0 unspecified atom stereocenters. The SMILES string of the molecule is CC(C)(C)c1ccc(C(=O)N[C@H](CC(=O)[O-])c2cc([N+](=O)[O-])ccc2Cl)cc1. The number of nitrogens with one attached hydrogen (secondary N) is 1. The lowest BCUT2D eigenvalue weighted by Gasteiger charge is -2.22. The molecule has 0 radical (unpaired) electrons. The summed E-state index contributed by atoms with van der Waals surface area (Å²) in [5, 5.41) is 24.8. The third kappa shape index (κ3) is 5.29. The molecule has 0 spiro atoms. The largest absolute Gasteiger partial charge is 0.550 e. The van der Waals surface area contributed by atoms with Crippen LogP contribution in [0.1, 0.15) is 54.7 Å². The van der Waals surface area contributed by atoms with E-state index in [4.69, 9.17) is 11.6 Å². The first-order valence-electron chi connectivity index (χ1n) is 8.54. The van der Waals surface area contributed by atoms with E-state index in [0.29, 0.717) is 5.56 Å². The summed E-state index contributed by atoms with van der Waals surface area (Å²) in [6.07, 6.45) is -0.577. The molecule has 0 aliphatic rings. The van der Waals surface area contributed by atoms with Gasteiger partial charge in [0.1, 0.15) is 0 Å². The summed E-state index contributed by atoms with van der Waals surface area (Å²) in [6.45, 7) is 6.13. The van der Waals surface area contributed by atoms with Crippen LogP contribution in [0.4, 0.5) is 5.69 Å². The standard InChI is InChI=1S/C20H21ClN2O5/c1-20(2,3)13-6-4-12(5-7-13)19(26)22-17(11-18(24)25)15-10-14(23(27)28)8-9-16(15)21/h4-10,17H,11H2,1-3H3,(H,22,26)(H,24,25)/p-1/t17-/m1/s1. The van der Waals surface area contributed by atoms with Gasteiger partial charge in [-0.25, -0.2) is 0 Å². The fourth-order valence-corrected chi connectivity index (χ4v) is 2.93. The molecule has 0 bridgehead atoms. The number of non-ortho nitro benzene ring substituents is 1. The Morgan fingerprint density at radius 1 is 1.14 bits per heavy atom. The van der Waals surface area contributed by atoms with Gasteiger partial charge < -0.3 is 15.2 Å². The number of halogens is 1. The van der Waals surface area contributed by atoms with E-state index < -0.39 is 29.3 Å². The molecule has 0 heterocycles. The number of nitro benzene ring substituents is 1. The van der Waals surface area contributed by atoms with Crippen molar-refractivity contribution in [3.8, 4) is 0 Å². The summed E-state index contributed by atoms with van der Waals surface area (Å²) < 4.78 is 0. The van der Waals surface area contributed by atoms with Crippen LogP contribution in [-0.2, 0) is 10.2 Å². The molecule has 1 amide bonds. The summed E-state index contributed by atoms with van der Waals surface area (Å²) in [7, 11) is 0. The number of carboxylic acid groups (broad SMARTS) is 1. The van der Waals surface area contributed by atoms with Crippen LogP contribution in [0.15, 0.2) is 42.5 Å². The van der Waals surface area contributed by atoms with Gasteiger partial charge in [0.15, 0.2) is 0 Å². The number of rotatable bonds is 6. The lowest BCUT2D eigenvalue weighted by atomic mass is 9.86. The first-order chi connectivity index (χ1) is 13.0. The van der Waals surface area contributed by atoms with Gasteiger partial charge in [0.2, 0.25) is 0 Å². The second-order valence-electron chi connectivity index (χ2n) is 7.39. The first-order valence-corrected chi connectivity index (χ1v) is 8.92. The topological polar surface area (TPSA) is 112 Å². The lowest BCUT2D eigenvalue weighted by Crippen LogP contribution is -2.34. The normalized spacial score (nSPS) is 12.3. The van der Waals surface area contributed by atoms with Crippen LogP contribution in [0.3, 0.4) is 0 Å². The number of nitrogens with zero attached hydrogens (tertiary/aromatic N) is 1. The average Bonchev–Trinajstić information content (AvgIpc) is 2.60. The number of hydrogen-bond acceptors (Lipinski definition) is 5. The molecule has 2 aromatic rings. The van der Waals surface area contributed by atoms with E-state index in [-0.39, 0.29) is 21.7 Å². The molecule has 0 saturated heterocycles. The summed E-state index contributed by atoms with van der Waals surface area (Å²) in [5.41, 5.74) is 1.17. The molecule has 2 rings (SSSR count). The second kappa shape index (κ2) is 8.39. The van der Waals surface area contributed by atoms with Gasteiger partial charge in [-0.15, -0.1) is 0 Å². The highest BCUT2D eigenvalue weighted by Gasteiger charge is 2.22. The zero-order valence-corrected chi connectivity index (χ0v) is 16.4. The second-order valence-corrected chi connectivity index (χ2v) is 7.80. The number of nitro groups is 1. The minimum atomic E-state index is -1.42. The number of hydrogen-bond donors (Lipinski definition) is 1. The van der Waals surface area contributed by atoms with Gasteiger partial charge in [-0.3, -0.25) is 14.9 Å². The summed E-state index contributed by atoms with van der Waals surface area (Å²) in [6, 6.07) is 9.50. The molecule has 2 aromatic carbocycles. The van der Waals surface area contributed by atoms with E-state index >= 15 is 0 Å². The Bertz CT molecular complexity index is 904. The quantitative estimate of drug-likeness (QED) is 0.588. The molecule has 0 saturated carbocycles. The number of benzene rings is 2. The summed E-state index contributed by atoms with van der Waals surface area (Å²) in [5.74, 6) is -1.94. The summed E-state index contributed by atoms with van der Waals surface area (Å²) in [4.78, 5) is 34.1.